The molecule has 35 heavy (non-hydrogen) atoms. The van der Waals surface area contributed by atoms with Crippen molar-refractivity contribution in [1.29, 1.82) is 0 Å². The highest BCUT2D eigenvalue weighted by Crippen LogP contribution is 2.32. The number of hydrogen-bond donors (Lipinski definition) is 1. The summed E-state index contributed by atoms with van der Waals surface area (Å²) in [4.78, 5) is 19.4. The van der Waals surface area contributed by atoms with Gasteiger partial charge in [0.25, 0.3) is 5.91 Å². The molecule has 5 rings (SSSR count). The molecule has 0 spiro atoms. The van der Waals surface area contributed by atoms with Gasteiger partial charge in [-0.05, 0) is 45.0 Å². The summed E-state index contributed by atoms with van der Waals surface area (Å²) in [6.45, 7) is 8.00. The first-order valence-corrected chi connectivity index (χ1v) is 11.4. The monoisotopic (exact) mass is 480 g/mol. The Morgan fingerprint density at radius 3 is 2.63 bits per heavy atom. The van der Waals surface area contributed by atoms with Gasteiger partial charge in [-0.15, -0.1) is 0 Å². The van der Waals surface area contributed by atoms with E-state index in [-0.39, 0.29) is 5.56 Å². The molecule has 1 amide bonds. The van der Waals surface area contributed by atoms with E-state index < -0.39 is 23.2 Å². The lowest BCUT2D eigenvalue weighted by atomic mass is 10.0. The van der Waals surface area contributed by atoms with Crippen LogP contribution in [0.5, 0.6) is 0 Å². The molecule has 10 heteroatoms. The van der Waals surface area contributed by atoms with E-state index in [1.807, 2.05) is 16.7 Å². The van der Waals surface area contributed by atoms with Crippen LogP contribution in [0.4, 0.5) is 20.2 Å². The van der Waals surface area contributed by atoms with Crippen LogP contribution in [0, 0.1) is 11.8 Å². The van der Waals surface area contributed by atoms with Crippen molar-refractivity contribution in [3.05, 3.63) is 66.4 Å². The summed E-state index contributed by atoms with van der Waals surface area (Å²) in [7, 11) is 0. The lowest BCUT2D eigenvalue weighted by Gasteiger charge is -2.29. The first-order valence-electron chi connectivity index (χ1n) is 11.4. The molecule has 0 aliphatic carbocycles. The molecule has 0 saturated carbocycles. The zero-order valence-electron chi connectivity index (χ0n) is 19.8. The van der Waals surface area contributed by atoms with E-state index in [9.17, 15) is 13.6 Å². The Hall–Kier alpha value is -3.79. The largest absolute Gasteiger partial charge is 0.378 e. The fourth-order valence-electron chi connectivity index (χ4n) is 4.18. The number of benzene rings is 1. The minimum atomic E-state index is -0.724. The molecule has 0 atom stereocenters. The maximum Gasteiger partial charge on any atom is 0.261 e. The van der Waals surface area contributed by atoms with Crippen LogP contribution in [0.25, 0.3) is 16.8 Å². The summed E-state index contributed by atoms with van der Waals surface area (Å²) in [5.74, 6) is -1.82. The zero-order valence-corrected chi connectivity index (χ0v) is 19.8. The average Bonchev–Trinajstić information content (AvgIpc) is 3.46. The van der Waals surface area contributed by atoms with Crippen molar-refractivity contribution in [3.8, 4) is 11.1 Å². The molecule has 8 nitrogen and oxygen atoms in total. The van der Waals surface area contributed by atoms with Crippen molar-refractivity contribution in [1.82, 2.24) is 19.2 Å². The fraction of sp³-hybridized carbons (Fsp3) is 0.320. The van der Waals surface area contributed by atoms with Gasteiger partial charge in [0.1, 0.15) is 11.4 Å². The van der Waals surface area contributed by atoms with E-state index >= 15 is 0 Å². The molecule has 4 heterocycles. The van der Waals surface area contributed by atoms with Crippen LogP contribution in [0.15, 0.2) is 49.1 Å². The smallest absolute Gasteiger partial charge is 0.261 e. The fourth-order valence-corrected chi connectivity index (χ4v) is 4.18. The van der Waals surface area contributed by atoms with Gasteiger partial charge in [-0.3, -0.25) is 4.79 Å². The Morgan fingerprint density at radius 1 is 1.14 bits per heavy atom. The van der Waals surface area contributed by atoms with E-state index in [4.69, 9.17) is 4.74 Å². The average molecular weight is 481 g/mol. The number of nitrogens with zero attached hydrogens (tertiary/aromatic N) is 5. The number of pyridine rings is 1. The highest BCUT2D eigenvalue weighted by atomic mass is 19.1. The molecular weight excluding hydrogens is 454 g/mol. The predicted octanol–water partition coefficient (Wildman–Crippen LogP) is 4.32. The molecule has 1 aromatic carbocycles. The van der Waals surface area contributed by atoms with Crippen molar-refractivity contribution in [3.63, 3.8) is 0 Å². The number of hydrogen-bond acceptors (Lipinski definition) is 5. The van der Waals surface area contributed by atoms with E-state index in [0.29, 0.717) is 43.1 Å². The van der Waals surface area contributed by atoms with Crippen LogP contribution in [-0.4, -0.2) is 51.4 Å². The second-order valence-corrected chi connectivity index (χ2v) is 9.45. The Kier molecular flexibility index (Phi) is 5.76. The Balaban J connectivity index is 1.48. The van der Waals surface area contributed by atoms with Gasteiger partial charge in [-0.1, -0.05) is 0 Å². The molecule has 4 aromatic rings. The van der Waals surface area contributed by atoms with Gasteiger partial charge in [0, 0.05) is 48.5 Å². The molecule has 1 saturated heterocycles. The van der Waals surface area contributed by atoms with Crippen LogP contribution in [0.3, 0.4) is 0 Å². The SMILES string of the molecule is CC(C)(C)n1ncc(C(=O)Nc2ccc(F)c(-c3cc(N4CCOCC4)c4nccn4c3)c2)c1F. The van der Waals surface area contributed by atoms with Crippen molar-refractivity contribution in [2.24, 2.45) is 0 Å². The Labute approximate surface area is 201 Å². The quantitative estimate of drug-likeness (QED) is 0.471. The van der Waals surface area contributed by atoms with Crippen molar-refractivity contribution >= 4 is 22.9 Å². The minimum Gasteiger partial charge on any atom is -0.378 e. The lowest BCUT2D eigenvalue weighted by molar-refractivity contribution is 0.102. The third-order valence-electron chi connectivity index (χ3n) is 5.95. The second-order valence-electron chi connectivity index (χ2n) is 9.45. The first kappa shape index (κ1) is 23.0. The minimum absolute atomic E-state index is 0.180. The van der Waals surface area contributed by atoms with Crippen molar-refractivity contribution in [2.75, 3.05) is 36.5 Å². The third kappa shape index (κ3) is 4.37. The highest BCUT2D eigenvalue weighted by molar-refractivity contribution is 6.04. The number of morpholine rings is 1. The van der Waals surface area contributed by atoms with Crippen LogP contribution >= 0.6 is 0 Å². The highest BCUT2D eigenvalue weighted by Gasteiger charge is 2.25. The van der Waals surface area contributed by atoms with E-state index in [2.05, 4.69) is 20.3 Å². The van der Waals surface area contributed by atoms with Crippen molar-refractivity contribution < 1.29 is 18.3 Å². The Morgan fingerprint density at radius 2 is 1.91 bits per heavy atom. The van der Waals surface area contributed by atoms with Crippen LogP contribution in [-0.2, 0) is 10.3 Å². The van der Waals surface area contributed by atoms with Gasteiger partial charge < -0.3 is 19.4 Å². The second kappa shape index (κ2) is 8.77. The predicted molar refractivity (Wildman–Crippen MR) is 129 cm³/mol. The number of ether oxygens (including phenoxy) is 1. The maximum absolute atomic E-state index is 15.0. The number of amides is 1. The topological polar surface area (TPSA) is 76.7 Å². The standard InChI is InChI=1S/C25H26F2N6O2/c1-25(2,3)33-22(27)19(14-29-33)24(34)30-17-4-5-20(26)18(13-17)16-12-21(31-8-10-35-11-9-31)23-28-6-7-32(23)15-16/h4-7,12-15H,8-11H2,1-3H3,(H,30,34). The van der Waals surface area contributed by atoms with Gasteiger partial charge in [-0.2, -0.15) is 9.49 Å². The van der Waals surface area contributed by atoms with E-state index in [1.54, 1.807) is 39.2 Å². The number of nitrogens with one attached hydrogen (secondary N) is 1. The molecule has 1 aliphatic rings. The Bertz CT molecular complexity index is 1400. The number of carbonyl (C=O) groups excluding carboxylic acids is 1. The molecule has 1 N–H and O–H groups in total. The van der Waals surface area contributed by atoms with E-state index in [1.165, 1.54) is 18.3 Å². The number of carbonyl (C=O) groups is 1. The molecule has 0 radical (unpaired) electrons. The summed E-state index contributed by atoms with van der Waals surface area (Å²) in [6, 6.07) is 6.17. The summed E-state index contributed by atoms with van der Waals surface area (Å²) in [5.41, 5.74) is 2.12. The number of halogens is 2. The molecule has 1 aliphatic heterocycles. The summed E-state index contributed by atoms with van der Waals surface area (Å²) >= 11 is 0. The third-order valence-corrected chi connectivity index (χ3v) is 5.95. The van der Waals surface area contributed by atoms with Gasteiger partial charge in [0.15, 0.2) is 5.65 Å². The van der Waals surface area contributed by atoms with Crippen LogP contribution < -0.4 is 10.2 Å². The summed E-state index contributed by atoms with van der Waals surface area (Å²) in [5, 5.41) is 6.67. The van der Waals surface area contributed by atoms with Crippen LogP contribution in [0.2, 0.25) is 0 Å². The maximum atomic E-state index is 15.0. The molecule has 182 valence electrons. The molecule has 0 bridgehead atoms. The number of anilines is 2. The summed E-state index contributed by atoms with van der Waals surface area (Å²) in [6.07, 6.45) is 6.50. The van der Waals surface area contributed by atoms with Gasteiger partial charge in [-0.25, -0.2) is 14.1 Å². The van der Waals surface area contributed by atoms with E-state index in [0.717, 1.165) is 16.0 Å². The zero-order chi connectivity index (χ0) is 24.7. The number of imidazole rings is 1. The summed E-state index contributed by atoms with van der Waals surface area (Å²) < 4.78 is 38.2. The van der Waals surface area contributed by atoms with Gasteiger partial charge in [0.2, 0.25) is 5.95 Å². The first-order chi connectivity index (χ1) is 16.7. The van der Waals surface area contributed by atoms with Crippen molar-refractivity contribution in [2.45, 2.75) is 26.3 Å². The number of fused-ring (bicyclic) bond motifs is 1. The number of rotatable bonds is 4. The molecule has 0 unspecified atom stereocenters. The van der Waals surface area contributed by atoms with Crippen LogP contribution in [0.1, 0.15) is 31.1 Å². The number of aromatic nitrogens is 4. The molecule has 3 aromatic heterocycles. The van der Waals surface area contributed by atoms with Gasteiger partial charge >= 0.3 is 0 Å². The molecular formula is C25H26F2N6O2. The molecule has 1 fully saturated rings. The van der Waals surface area contributed by atoms with Gasteiger partial charge in [0.05, 0.1) is 30.6 Å². The normalized spacial score (nSPS) is 14.5. The lowest BCUT2D eigenvalue weighted by Crippen LogP contribution is -2.36.